The third kappa shape index (κ3) is 4.41. The quantitative estimate of drug-likeness (QED) is 0.576. The number of amides is 2. The topological polar surface area (TPSA) is 120 Å². The SMILES string of the molecule is NC(=O)C(CCCCOc1cccc2nc3n(c(=O)c12)CC(=O)N3)N1CCCC2CCCCC21. The maximum atomic E-state index is 12.9. The number of ether oxygens (including phenoxy) is 1. The second kappa shape index (κ2) is 9.74. The average Bonchev–Trinajstić information content (AvgIpc) is 3.21. The molecular formula is C25H33N5O4. The van der Waals surface area contributed by atoms with Crippen molar-refractivity contribution in [3.63, 3.8) is 0 Å². The highest BCUT2D eigenvalue weighted by atomic mass is 16.5. The largest absolute Gasteiger partial charge is 0.493 e. The molecule has 3 heterocycles. The van der Waals surface area contributed by atoms with Crippen LogP contribution in [0.4, 0.5) is 5.95 Å². The maximum Gasteiger partial charge on any atom is 0.267 e. The summed E-state index contributed by atoms with van der Waals surface area (Å²) in [6, 6.07) is 5.56. The van der Waals surface area contributed by atoms with Crippen molar-refractivity contribution >= 4 is 28.7 Å². The van der Waals surface area contributed by atoms with Gasteiger partial charge in [-0.1, -0.05) is 18.9 Å². The van der Waals surface area contributed by atoms with Gasteiger partial charge in [0.15, 0.2) is 0 Å². The molecule has 3 aliphatic rings. The number of aromatic nitrogens is 2. The number of likely N-dealkylation sites (tertiary alicyclic amines) is 1. The molecule has 9 nitrogen and oxygen atoms in total. The summed E-state index contributed by atoms with van der Waals surface area (Å²) in [6.07, 6.45) is 9.70. The van der Waals surface area contributed by atoms with E-state index < -0.39 is 0 Å². The van der Waals surface area contributed by atoms with Crippen molar-refractivity contribution in [2.75, 3.05) is 18.5 Å². The van der Waals surface area contributed by atoms with Gasteiger partial charge in [0.2, 0.25) is 17.8 Å². The normalized spacial score (nSPS) is 23.2. The summed E-state index contributed by atoms with van der Waals surface area (Å²) in [5.74, 6) is 0.975. The zero-order valence-electron chi connectivity index (χ0n) is 19.5. The second-order valence-corrected chi connectivity index (χ2v) is 9.78. The zero-order valence-corrected chi connectivity index (χ0v) is 19.5. The number of piperidine rings is 1. The molecule has 34 heavy (non-hydrogen) atoms. The number of anilines is 1. The average molecular weight is 468 g/mol. The Kier molecular flexibility index (Phi) is 6.54. The number of rotatable bonds is 8. The Morgan fingerprint density at radius 3 is 2.85 bits per heavy atom. The van der Waals surface area contributed by atoms with Crippen LogP contribution in [-0.4, -0.2) is 51.5 Å². The fourth-order valence-corrected chi connectivity index (χ4v) is 6.05. The van der Waals surface area contributed by atoms with Crippen molar-refractivity contribution in [2.45, 2.75) is 76.4 Å². The second-order valence-electron chi connectivity index (χ2n) is 9.78. The molecule has 1 aliphatic carbocycles. The van der Waals surface area contributed by atoms with Crippen LogP contribution in [0.1, 0.15) is 57.8 Å². The van der Waals surface area contributed by atoms with Crippen molar-refractivity contribution in [1.29, 1.82) is 0 Å². The summed E-state index contributed by atoms with van der Waals surface area (Å²) < 4.78 is 7.31. The highest BCUT2D eigenvalue weighted by Crippen LogP contribution is 2.37. The number of benzene rings is 1. The number of carbonyl (C=O) groups excluding carboxylic acids is 2. The molecule has 1 aromatic heterocycles. The number of hydrogen-bond acceptors (Lipinski definition) is 6. The van der Waals surface area contributed by atoms with Crippen LogP contribution in [0.15, 0.2) is 23.0 Å². The molecule has 0 bridgehead atoms. The maximum absolute atomic E-state index is 12.9. The summed E-state index contributed by atoms with van der Waals surface area (Å²) in [7, 11) is 0. The number of nitrogens with one attached hydrogen (secondary N) is 1. The first-order chi connectivity index (χ1) is 16.5. The van der Waals surface area contributed by atoms with Crippen molar-refractivity contribution in [3.05, 3.63) is 28.6 Å². The van der Waals surface area contributed by atoms with E-state index in [1.165, 1.54) is 36.7 Å². The number of unbranched alkanes of at least 4 members (excludes halogenated alkanes) is 1. The van der Waals surface area contributed by atoms with Gasteiger partial charge < -0.3 is 10.5 Å². The summed E-state index contributed by atoms with van der Waals surface area (Å²) in [4.78, 5) is 43.7. The van der Waals surface area contributed by atoms with Gasteiger partial charge in [-0.3, -0.25) is 29.2 Å². The van der Waals surface area contributed by atoms with E-state index in [1.807, 2.05) is 0 Å². The van der Waals surface area contributed by atoms with Gasteiger partial charge in [0.1, 0.15) is 17.7 Å². The van der Waals surface area contributed by atoms with Crippen molar-refractivity contribution in [1.82, 2.24) is 14.5 Å². The molecule has 5 rings (SSSR count). The van der Waals surface area contributed by atoms with Gasteiger partial charge in [-0.05, 0) is 69.5 Å². The lowest BCUT2D eigenvalue weighted by molar-refractivity contribution is -0.126. The highest BCUT2D eigenvalue weighted by Gasteiger charge is 2.38. The number of carbonyl (C=O) groups is 2. The fraction of sp³-hybridized carbons (Fsp3) is 0.600. The number of primary amides is 1. The van der Waals surface area contributed by atoms with Crippen molar-refractivity contribution < 1.29 is 14.3 Å². The van der Waals surface area contributed by atoms with Crippen molar-refractivity contribution in [3.8, 4) is 5.75 Å². The molecule has 3 unspecified atom stereocenters. The van der Waals surface area contributed by atoms with Gasteiger partial charge >= 0.3 is 0 Å². The molecule has 0 spiro atoms. The van der Waals surface area contributed by atoms with Crippen LogP contribution in [0.2, 0.25) is 0 Å². The van der Waals surface area contributed by atoms with Gasteiger partial charge in [0.05, 0.1) is 18.2 Å². The first kappa shape index (κ1) is 22.8. The standard InChI is InChI=1S/C25H33N5O4/c26-23(32)19(29-13-6-8-16-7-1-2-10-18(16)29)11-3-4-14-34-20-12-5-9-17-22(20)24(33)30-15-21(31)28-25(30)27-17/h5,9,12,16,18-19H,1-4,6-8,10-11,13-15H2,(H2,26,32)(H,27,28,31). The first-order valence-electron chi connectivity index (χ1n) is 12.5. The van der Waals surface area contributed by atoms with Gasteiger partial charge in [-0.2, -0.15) is 0 Å². The van der Waals surface area contributed by atoms with E-state index in [9.17, 15) is 14.4 Å². The fourth-order valence-electron chi connectivity index (χ4n) is 6.05. The predicted octanol–water partition coefficient (Wildman–Crippen LogP) is 2.41. The molecule has 2 aliphatic heterocycles. The van der Waals surface area contributed by atoms with E-state index >= 15 is 0 Å². The Bertz CT molecular complexity index is 1140. The monoisotopic (exact) mass is 467 g/mol. The van der Waals surface area contributed by atoms with Crippen LogP contribution < -0.4 is 21.3 Å². The van der Waals surface area contributed by atoms with Crippen LogP contribution in [0.25, 0.3) is 10.9 Å². The molecule has 2 fully saturated rings. The van der Waals surface area contributed by atoms with E-state index in [-0.39, 0.29) is 35.9 Å². The molecule has 3 atom stereocenters. The van der Waals surface area contributed by atoms with Gasteiger partial charge in [0.25, 0.3) is 5.56 Å². The first-order valence-corrected chi connectivity index (χ1v) is 12.5. The number of fused-ring (bicyclic) bond motifs is 3. The Morgan fingerprint density at radius 2 is 2.00 bits per heavy atom. The highest BCUT2D eigenvalue weighted by molar-refractivity contribution is 5.95. The molecular weight excluding hydrogens is 434 g/mol. The summed E-state index contributed by atoms with van der Waals surface area (Å²) in [5, 5.41) is 2.99. The Labute approximate surface area is 198 Å². The van der Waals surface area contributed by atoms with Gasteiger partial charge in [-0.15, -0.1) is 0 Å². The minimum absolute atomic E-state index is 0.0295. The van der Waals surface area contributed by atoms with E-state index in [1.54, 1.807) is 18.2 Å². The number of nitrogens with zero attached hydrogens (tertiary/aromatic N) is 3. The molecule has 0 radical (unpaired) electrons. The Balaban J connectivity index is 1.20. The lowest BCUT2D eigenvalue weighted by atomic mass is 9.77. The molecule has 1 aromatic carbocycles. The van der Waals surface area contributed by atoms with Crippen LogP contribution in [0.3, 0.4) is 0 Å². The molecule has 9 heteroatoms. The number of nitrogens with two attached hydrogens (primary N) is 1. The number of hydrogen-bond donors (Lipinski definition) is 2. The van der Waals surface area contributed by atoms with E-state index in [0.29, 0.717) is 35.2 Å². The summed E-state index contributed by atoms with van der Waals surface area (Å²) in [5.41, 5.74) is 6.06. The smallest absolute Gasteiger partial charge is 0.267 e. The van der Waals surface area contributed by atoms with Crippen LogP contribution >= 0.6 is 0 Å². The predicted molar refractivity (Wildman–Crippen MR) is 129 cm³/mol. The molecule has 182 valence electrons. The van der Waals surface area contributed by atoms with Crippen LogP contribution in [-0.2, 0) is 16.1 Å². The van der Waals surface area contributed by atoms with Gasteiger partial charge in [-0.25, -0.2) is 4.98 Å². The lowest BCUT2D eigenvalue weighted by Crippen LogP contribution is -2.55. The molecule has 3 N–H and O–H groups in total. The van der Waals surface area contributed by atoms with E-state index in [2.05, 4.69) is 15.2 Å². The lowest BCUT2D eigenvalue weighted by Gasteiger charge is -2.47. The third-order valence-corrected chi connectivity index (χ3v) is 7.64. The zero-order chi connectivity index (χ0) is 23.7. The third-order valence-electron chi connectivity index (χ3n) is 7.64. The minimum atomic E-state index is -0.283. The summed E-state index contributed by atoms with van der Waals surface area (Å²) >= 11 is 0. The Hall–Kier alpha value is -2.94. The van der Waals surface area contributed by atoms with Crippen molar-refractivity contribution in [2.24, 2.45) is 11.7 Å². The molecule has 2 aromatic rings. The van der Waals surface area contributed by atoms with Gasteiger partial charge in [0, 0.05) is 6.04 Å². The van der Waals surface area contributed by atoms with Crippen LogP contribution in [0.5, 0.6) is 5.75 Å². The minimum Gasteiger partial charge on any atom is -0.493 e. The molecule has 1 saturated heterocycles. The Morgan fingerprint density at radius 1 is 1.18 bits per heavy atom. The summed E-state index contributed by atoms with van der Waals surface area (Å²) in [6.45, 7) is 1.35. The van der Waals surface area contributed by atoms with E-state index in [4.69, 9.17) is 10.5 Å². The van der Waals surface area contributed by atoms with E-state index in [0.717, 1.165) is 32.2 Å². The molecule has 2 amide bonds. The molecule has 1 saturated carbocycles. The van der Waals surface area contributed by atoms with Crippen LogP contribution in [0, 0.1) is 5.92 Å².